The van der Waals surface area contributed by atoms with Crippen molar-refractivity contribution in [3.05, 3.63) is 11.6 Å². The Bertz CT molecular complexity index is 175. The van der Waals surface area contributed by atoms with E-state index in [0.29, 0.717) is 0 Å². The Hall–Kier alpha value is -0.300. The predicted molar refractivity (Wildman–Crippen MR) is 51.8 cm³/mol. The van der Waals surface area contributed by atoms with Crippen molar-refractivity contribution in [2.75, 3.05) is 6.54 Å². The lowest BCUT2D eigenvalue weighted by molar-refractivity contribution is 0.238. The number of fused-ring (bicyclic) bond motifs is 3. The summed E-state index contributed by atoms with van der Waals surface area (Å²) < 4.78 is 0. The molecule has 3 aliphatic carbocycles. The fourth-order valence-electron chi connectivity index (χ4n) is 2.76. The number of hydrogen-bond acceptors (Lipinski definition) is 1. The van der Waals surface area contributed by atoms with Crippen molar-refractivity contribution in [2.24, 2.45) is 17.6 Å². The third-order valence-corrected chi connectivity index (χ3v) is 3.47. The molecular weight excluding hydrogens is 146 g/mol. The van der Waals surface area contributed by atoms with E-state index in [4.69, 9.17) is 5.73 Å². The molecule has 0 unspecified atom stereocenters. The van der Waals surface area contributed by atoms with E-state index in [2.05, 4.69) is 6.08 Å². The van der Waals surface area contributed by atoms with Crippen LogP contribution < -0.4 is 5.73 Å². The van der Waals surface area contributed by atoms with Crippen molar-refractivity contribution < 1.29 is 0 Å². The van der Waals surface area contributed by atoms with Gasteiger partial charge >= 0.3 is 0 Å². The van der Waals surface area contributed by atoms with Gasteiger partial charge in [-0.05, 0) is 56.9 Å². The highest BCUT2D eigenvalue weighted by Crippen LogP contribution is 2.44. The molecule has 0 spiro atoms. The maximum Gasteiger partial charge on any atom is -0.00425 e. The van der Waals surface area contributed by atoms with Gasteiger partial charge in [-0.3, -0.25) is 0 Å². The topological polar surface area (TPSA) is 26.0 Å². The van der Waals surface area contributed by atoms with Crippen LogP contribution in [-0.2, 0) is 0 Å². The molecule has 0 atom stereocenters. The van der Waals surface area contributed by atoms with Crippen LogP contribution in [0.4, 0.5) is 0 Å². The molecule has 2 bridgehead atoms. The summed E-state index contributed by atoms with van der Waals surface area (Å²) in [7, 11) is 0. The summed E-state index contributed by atoms with van der Waals surface area (Å²) in [6.07, 6.45) is 10.8. The molecule has 0 heterocycles. The van der Waals surface area contributed by atoms with Gasteiger partial charge in [0.25, 0.3) is 0 Å². The van der Waals surface area contributed by atoms with Crippen LogP contribution in [0.15, 0.2) is 11.6 Å². The van der Waals surface area contributed by atoms with Crippen molar-refractivity contribution in [2.45, 2.75) is 38.5 Å². The zero-order chi connectivity index (χ0) is 8.39. The third kappa shape index (κ3) is 1.56. The fraction of sp³-hybridized carbons (Fsp3) is 0.818. The van der Waals surface area contributed by atoms with Gasteiger partial charge in [-0.2, -0.15) is 0 Å². The van der Waals surface area contributed by atoms with Crippen LogP contribution in [0.1, 0.15) is 38.5 Å². The Balaban J connectivity index is 1.99. The molecule has 0 aromatic rings. The van der Waals surface area contributed by atoms with Crippen LogP contribution in [-0.4, -0.2) is 6.54 Å². The number of rotatable bonds is 2. The molecule has 0 aliphatic heterocycles. The second kappa shape index (κ2) is 3.61. The minimum atomic E-state index is 0.820. The lowest BCUT2D eigenvalue weighted by atomic mass is 9.68. The van der Waals surface area contributed by atoms with Crippen molar-refractivity contribution in [1.29, 1.82) is 0 Å². The molecule has 1 nitrogen and oxygen atoms in total. The first-order valence-corrected chi connectivity index (χ1v) is 5.29. The molecule has 0 saturated heterocycles. The molecule has 0 amide bonds. The van der Waals surface area contributed by atoms with Gasteiger partial charge in [-0.25, -0.2) is 0 Å². The van der Waals surface area contributed by atoms with Crippen LogP contribution in [0, 0.1) is 11.8 Å². The predicted octanol–water partition coefficient (Wildman–Crippen LogP) is 2.47. The second-order valence-corrected chi connectivity index (χ2v) is 4.28. The molecule has 3 rings (SSSR count). The van der Waals surface area contributed by atoms with Gasteiger partial charge in [0.15, 0.2) is 0 Å². The van der Waals surface area contributed by atoms with E-state index in [1.165, 1.54) is 32.1 Å². The van der Waals surface area contributed by atoms with Gasteiger partial charge in [0, 0.05) is 0 Å². The Morgan fingerprint density at radius 3 is 2.50 bits per heavy atom. The summed E-state index contributed by atoms with van der Waals surface area (Å²) in [5.74, 6) is 1.97. The SMILES string of the molecule is NCC/C=C1/CC2CCC1CC2. The van der Waals surface area contributed by atoms with Gasteiger partial charge < -0.3 is 5.73 Å². The van der Waals surface area contributed by atoms with Crippen LogP contribution >= 0.6 is 0 Å². The number of nitrogens with two attached hydrogens (primary N) is 1. The zero-order valence-corrected chi connectivity index (χ0v) is 7.76. The van der Waals surface area contributed by atoms with Crippen molar-refractivity contribution in [3.63, 3.8) is 0 Å². The minimum Gasteiger partial charge on any atom is -0.330 e. The zero-order valence-electron chi connectivity index (χ0n) is 7.76. The monoisotopic (exact) mass is 165 g/mol. The first kappa shape index (κ1) is 8.31. The van der Waals surface area contributed by atoms with Gasteiger partial charge in [-0.15, -0.1) is 0 Å². The van der Waals surface area contributed by atoms with E-state index >= 15 is 0 Å². The summed E-state index contributed by atoms with van der Waals surface area (Å²) in [4.78, 5) is 0. The fourth-order valence-corrected chi connectivity index (χ4v) is 2.76. The maximum atomic E-state index is 5.50. The lowest BCUT2D eigenvalue weighted by Crippen LogP contribution is -2.24. The summed E-state index contributed by atoms with van der Waals surface area (Å²) in [5.41, 5.74) is 7.24. The second-order valence-electron chi connectivity index (χ2n) is 4.28. The van der Waals surface area contributed by atoms with Gasteiger partial charge in [0.1, 0.15) is 0 Å². The Labute approximate surface area is 75.0 Å². The summed E-state index contributed by atoms with van der Waals surface area (Å²) >= 11 is 0. The molecule has 3 aliphatic rings. The van der Waals surface area contributed by atoms with Crippen molar-refractivity contribution >= 4 is 0 Å². The van der Waals surface area contributed by atoms with Crippen LogP contribution in [0.5, 0.6) is 0 Å². The smallest absolute Gasteiger partial charge is 0.00425 e. The molecule has 1 heteroatoms. The lowest BCUT2D eigenvalue weighted by Gasteiger charge is -2.38. The average molecular weight is 165 g/mol. The first-order chi connectivity index (χ1) is 5.90. The summed E-state index contributed by atoms with van der Waals surface area (Å²) in [6.45, 7) is 0.820. The molecular formula is C11H19N. The molecule has 0 aromatic heterocycles. The molecule has 3 fully saturated rings. The quantitative estimate of drug-likeness (QED) is 0.625. The minimum absolute atomic E-state index is 0.820. The van der Waals surface area contributed by atoms with Gasteiger partial charge in [-0.1, -0.05) is 11.6 Å². The van der Waals surface area contributed by atoms with E-state index in [1.807, 2.05) is 0 Å². The number of hydrogen-bond donors (Lipinski definition) is 1. The normalized spacial score (nSPS) is 37.6. The molecule has 12 heavy (non-hydrogen) atoms. The van der Waals surface area contributed by atoms with Gasteiger partial charge in [0.2, 0.25) is 0 Å². The highest BCUT2D eigenvalue weighted by molar-refractivity contribution is 5.13. The van der Waals surface area contributed by atoms with Crippen molar-refractivity contribution in [1.82, 2.24) is 0 Å². The van der Waals surface area contributed by atoms with E-state index < -0.39 is 0 Å². The standard InChI is InChI=1S/C11H19N/c12-7-1-2-11-8-9-3-5-10(11)6-4-9/h2,9-10H,1,3-8,12H2/b11-2-. The Morgan fingerprint density at radius 1 is 1.25 bits per heavy atom. The Kier molecular flexibility index (Phi) is 2.50. The highest BCUT2D eigenvalue weighted by atomic mass is 14.5. The largest absolute Gasteiger partial charge is 0.330 e. The van der Waals surface area contributed by atoms with Crippen LogP contribution in [0.25, 0.3) is 0 Å². The summed E-state index contributed by atoms with van der Waals surface area (Å²) in [6, 6.07) is 0. The third-order valence-electron chi connectivity index (χ3n) is 3.47. The van der Waals surface area contributed by atoms with Crippen LogP contribution in [0.3, 0.4) is 0 Å². The highest BCUT2D eigenvalue weighted by Gasteiger charge is 2.30. The van der Waals surface area contributed by atoms with Crippen molar-refractivity contribution in [3.8, 4) is 0 Å². The van der Waals surface area contributed by atoms with E-state index in [-0.39, 0.29) is 0 Å². The molecule has 0 radical (unpaired) electrons. The first-order valence-electron chi connectivity index (χ1n) is 5.29. The van der Waals surface area contributed by atoms with E-state index in [1.54, 1.807) is 5.57 Å². The molecule has 68 valence electrons. The number of allylic oxidation sites excluding steroid dienone is 1. The van der Waals surface area contributed by atoms with Crippen LogP contribution in [0.2, 0.25) is 0 Å². The molecule has 2 N–H and O–H groups in total. The molecule has 3 saturated carbocycles. The summed E-state index contributed by atoms with van der Waals surface area (Å²) in [5, 5.41) is 0. The maximum absolute atomic E-state index is 5.50. The average Bonchev–Trinajstić information content (AvgIpc) is 2.17. The molecule has 0 aromatic carbocycles. The van der Waals surface area contributed by atoms with E-state index in [9.17, 15) is 0 Å². The van der Waals surface area contributed by atoms with Gasteiger partial charge in [0.05, 0.1) is 0 Å². The Morgan fingerprint density at radius 2 is 2.00 bits per heavy atom. The van der Waals surface area contributed by atoms with E-state index in [0.717, 1.165) is 24.8 Å².